The molecule has 0 spiro atoms. The first-order chi connectivity index (χ1) is 14.5. The van der Waals surface area contributed by atoms with Crippen LogP contribution in [0, 0.1) is 0 Å². The summed E-state index contributed by atoms with van der Waals surface area (Å²) in [7, 11) is 0. The van der Waals surface area contributed by atoms with Crippen molar-refractivity contribution < 1.29 is 4.79 Å². The molecular weight excluding hydrogens is 378 g/mol. The Labute approximate surface area is 174 Å². The molecule has 0 atom stereocenters. The first-order valence-corrected chi connectivity index (χ1v) is 9.91. The zero-order valence-corrected chi connectivity index (χ0v) is 16.9. The number of amides is 1. The molecule has 7 heteroatoms. The SMILES string of the molecule is CC(C)c1ccc(NC(=O)CCn2cnc3c(cnn3-c3ccccc3)c2=O)cc1. The van der Waals surface area contributed by atoms with Crippen LogP contribution in [0.1, 0.15) is 31.7 Å². The second kappa shape index (κ2) is 8.32. The quantitative estimate of drug-likeness (QED) is 0.534. The molecule has 0 aliphatic carbocycles. The van der Waals surface area contributed by atoms with Gasteiger partial charge < -0.3 is 5.32 Å². The van der Waals surface area contributed by atoms with E-state index >= 15 is 0 Å². The molecule has 0 fully saturated rings. The van der Waals surface area contributed by atoms with E-state index in [1.807, 2.05) is 54.6 Å². The summed E-state index contributed by atoms with van der Waals surface area (Å²) in [6.07, 6.45) is 3.16. The van der Waals surface area contributed by atoms with Crippen LogP contribution >= 0.6 is 0 Å². The summed E-state index contributed by atoms with van der Waals surface area (Å²) in [5.74, 6) is 0.287. The molecular formula is C23H23N5O2. The molecule has 152 valence electrons. The highest BCUT2D eigenvalue weighted by Gasteiger charge is 2.12. The van der Waals surface area contributed by atoms with Crippen molar-refractivity contribution in [1.29, 1.82) is 0 Å². The molecule has 0 unspecified atom stereocenters. The van der Waals surface area contributed by atoms with Crippen LogP contribution in [0.2, 0.25) is 0 Å². The lowest BCUT2D eigenvalue weighted by molar-refractivity contribution is -0.116. The third kappa shape index (κ3) is 4.00. The van der Waals surface area contributed by atoms with Gasteiger partial charge in [0.05, 0.1) is 18.2 Å². The second-order valence-electron chi connectivity index (χ2n) is 7.45. The molecule has 1 N–H and O–H groups in total. The first kappa shape index (κ1) is 19.6. The summed E-state index contributed by atoms with van der Waals surface area (Å²) in [6.45, 7) is 4.49. The minimum atomic E-state index is -0.212. The summed E-state index contributed by atoms with van der Waals surface area (Å²) in [5.41, 5.74) is 3.08. The van der Waals surface area contributed by atoms with E-state index in [9.17, 15) is 9.59 Å². The lowest BCUT2D eigenvalue weighted by Crippen LogP contribution is -2.23. The molecule has 1 amide bonds. The van der Waals surface area contributed by atoms with Gasteiger partial charge in [0.25, 0.3) is 5.56 Å². The van der Waals surface area contributed by atoms with Crippen molar-refractivity contribution in [1.82, 2.24) is 19.3 Å². The van der Waals surface area contributed by atoms with Gasteiger partial charge >= 0.3 is 0 Å². The van der Waals surface area contributed by atoms with Crippen LogP contribution in [0.15, 0.2) is 71.9 Å². The van der Waals surface area contributed by atoms with Crippen molar-refractivity contribution in [3.63, 3.8) is 0 Å². The Morgan fingerprint density at radius 3 is 2.50 bits per heavy atom. The molecule has 0 aliphatic rings. The standard InChI is InChI=1S/C23H23N5O2/c1-16(2)17-8-10-18(11-9-17)26-21(29)12-13-27-15-24-22-20(23(27)30)14-25-28(22)19-6-4-3-5-7-19/h3-11,14-16H,12-13H2,1-2H3,(H,26,29). The zero-order valence-electron chi connectivity index (χ0n) is 16.9. The predicted molar refractivity (Wildman–Crippen MR) is 117 cm³/mol. The highest BCUT2D eigenvalue weighted by Crippen LogP contribution is 2.17. The van der Waals surface area contributed by atoms with Crippen molar-refractivity contribution in [2.45, 2.75) is 32.7 Å². The molecule has 0 saturated carbocycles. The third-order valence-corrected chi connectivity index (χ3v) is 5.00. The molecule has 0 radical (unpaired) electrons. The zero-order chi connectivity index (χ0) is 21.1. The summed E-state index contributed by atoms with van der Waals surface area (Å²) in [5, 5.41) is 7.59. The van der Waals surface area contributed by atoms with Crippen LogP contribution in [0.5, 0.6) is 0 Å². The number of para-hydroxylation sites is 1. The fraction of sp³-hybridized carbons (Fsp3) is 0.217. The fourth-order valence-corrected chi connectivity index (χ4v) is 3.26. The van der Waals surface area contributed by atoms with E-state index in [2.05, 4.69) is 29.2 Å². The molecule has 2 aromatic heterocycles. The number of carbonyl (C=O) groups excluding carboxylic acids is 1. The number of aryl methyl sites for hydroxylation is 1. The monoisotopic (exact) mass is 401 g/mol. The number of hydrogen-bond acceptors (Lipinski definition) is 4. The minimum absolute atomic E-state index is 0.153. The van der Waals surface area contributed by atoms with Crippen LogP contribution in [0.4, 0.5) is 5.69 Å². The summed E-state index contributed by atoms with van der Waals surface area (Å²) < 4.78 is 3.08. The van der Waals surface area contributed by atoms with Gasteiger partial charge in [-0.15, -0.1) is 0 Å². The van der Waals surface area contributed by atoms with Crippen LogP contribution in [-0.4, -0.2) is 25.2 Å². The highest BCUT2D eigenvalue weighted by molar-refractivity contribution is 5.90. The van der Waals surface area contributed by atoms with Gasteiger partial charge in [0.2, 0.25) is 5.91 Å². The molecule has 7 nitrogen and oxygen atoms in total. The van der Waals surface area contributed by atoms with Crippen molar-refractivity contribution in [2.24, 2.45) is 0 Å². The number of nitrogens with one attached hydrogen (secondary N) is 1. The van der Waals surface area contributed by atoms with Gasteiger partial charge in [0.15, 0.2) is 5.65 Å². The Morgan fingerprint density at radius 1 is 1.07 bits per heavy atom. The number of anilines is 1. The summed E-state index contributed by atoms with van der Waals surface area (Å²) in [6, 6.07) is 17.3. The molecule has 4 rings (SSSR count). The largest absolute Gasteiger partial charge is 0.326 e. The topological polar surface area (TPSA) is 81.8 Å². The van der Waals surface area contributed by atoms with Gasteiger partial charge in [0, 0.05) is 18.7 Å². The molecule has 4 aromatic rings. The maximum atomic E-state index is 12.8. The number of hydrogen-bond donors (Lipinski definition) is 1. The summed E-state index contributed by atoms with van der Waals surface area (Å²) in [4.78, 5) is 29.5. The molecule has 2 heterocycles. The van der Waals surface area contributed by atoms with E-state index in [1.165, 1.54) is 22.7 Å². The lowest BCUT2D eigenvalue weighted by Gasteiger charge is -2.09. The van der Waals surface area contributed by atoms with Crippen molar-refractivity contribution in [3.05, 3.63) is 83.0 Å². The highest BCUT2D eigenvalue weighted by atomic mass is 16.2. The Bertz CT molecular complexity index is 1220. The number of fused-ring (bicyclic) bond motifs is 1. The van der Waals surface area contributed by atoms with E-state index in [-0.39, 0.29) is 24.4 Å². The number of carbonyl (C=O) groups is 1. The van der Waals surface area contributed by atoms with Gasteiger partial charge in [-0.2, -0.15) is 5.10 Å². The van der Waals surface area contributed by atoms with Gasteiger partial charge in [-0.05, 0) is 35.7 Å². The molecule has 2 aromatic carbocycles. The van der Waals surface area contributed by atoms with E-state index < -0.39 is 0 Å². The average molecular weight is 401 g/mol. The maximum Gasteiger partial charge on any atom is 0.264 e. The fourth-order valence-electron chi connectivity index (χ4n) is 3.26. The maximum absolute atomic E-state index is 12.8. The third-order valence-electron chi connectivity index (χ3n) is 5.00. The van der Waals surface area contributed by atoms with Crippen molar-refractivity contribution >= 4 is 22.6 Å². The van der Waals surface area contributed by atoms with Crippen molar-refractivity contribution in [3.8, 4) is 5.69 Å². The number of benzene rings is 2. The van der Waals surface area contributed by atoms with E-state index in [0.717, 1.165) is 11.4 Å². The van der Waals surface area contributed by atoms with Gasteiger partial charge in [0.1, 0.15) is 5.39 Å². The Balaban J connectivity index is 1.46. The Kier molecular flexibility index (Phi) is 5.43. The lowest BCUT2D eigenvalue weighted by atomic mass is 10.0. The van der Waals surface area contributed by atoms with Gasteiger partial charge in [-0.3, -0.25) is 14.2 Å². The summed E-state index contributed by atoms with van der Waals surface area (Å²) >= 11 is 0. The second-order valence-corrected chi connectivity index (χ2v) is 7.45. The average Bonchev–Trinajstić information content (AvgIpc) is 3.19. The molecule has 30 heavy (non-hydrogen) atoms. The predicted octanol–water partition coefficient (Wildman–Crippen LogP) is 3.73. The van der Waals surface area contributed by atoms with Crippen LogP contribution in [0.25, 0.3) is 16.7 Å². The van der Waals surface area contributed by atoms with E-state index in [4.69, 9.17) is 0 Å². The molecule has 0 saturated heterocycles. The van der Waals surface area contributed by atoms with E-state index in [1.54, 1.807) is 4.68 Å². The van der Waals surface area contributed by atoms with E-state index in [0.29, 0.717) is 17.0 Å². The Hall–Kier alpha value is -3.74. The van der Waals surface area contributed by atoms with Gasteiger partial charge in [-0.25, -0.2) is 9.67 Å². The Morgan fingerprint density at radius 2 is 1.80 bits per heavy atom. The molecule has 0 bridgehead atoms. The van der Waals surface area contributed by atoms with Crippen LogP contribution < -0.4 is 10.9 Å². The first-order valence-electron chi connectivity index (χ1n) is 9.91. The number of aromatic nitrogens is 4. The van der Waals surface area contributed by atoms with Crippen LogP contribution in [0.3, 0.4) is 0 Å². The normalized spacial score (nSPS) is 11.2. The van der Waals surface area contributed by atoms with Gasteiger partial charge in [-0.1, -0.05) is 44.2 Å². The van der Waals surface area contributed by atoms with Crippen LogP contribution in [-0.2, 0) is 11.3 Å². The number of nitrogens with zero attached hydrogens (tertiary/aromatic N) is 4. The number of rotatable bonds is 6. The molecule has 0 aliphatic heterocycles. The smallest absolute Gasteiger partial charge is 0.264 e. The van der Waals surface area contributed by atoms with Crippen molar-refractivity contribution in [2.75, 3.05) is 5.32 Å². The minimum Gasteiger partial charge on any atom is -0.326 e.